The standard InChI is InChI=1S/C25H37N5O2/c1-17-26-22(15-23(27-17)30(5)6)28-19-9-11-20(12-10-19)29-24(31)16-32-21-13-7-18(8-14-21)25(2,3)4/h7-8,13-15,19-20H,9-12,16H2,1-6H3,(H,29,31)(H,26,27,28). The minimum atomic E-state index is -0.0663. The van der Waals surface area contributed by atoms with Gasteiger partial charge >= 0.3 is 0 Å². The van der Waals surface area contributed by atoms with Crippen molar-refractivity contribution in [2.45, 2.75) is 70.9 Å². The van der Waals surface area contributed by atoms with Gasteiger partial charge in [-0.1, -0.05) is 32.9 Å². The van der Waals surface area contributed by atoms with E-state index in [1.54, 1.807) is 0 Å². The zero-order valence-electron chi connectivity index (χ0n) is 20.2. The van der Waals surface area contributed by atoms with Crippen molar-refractivity contribution in [3.63, 3.8) is 0 Å². The predicted octanol–water partition coefficient (Wildman–Crippen LogP) is 4.07. The molecule has 1 aliphatic carbocycles. The fraction of sp³-hybridized carbons (Fsp3) is 0.560. The molecule has 2 N–H and O–H groups in total. The monoisotopic (exact) mass is 439 g/mol. The minimum Gasteiger partial charge on any atom is -0.484 e. The van der Waals surface area contributed by atoms with Crippen molar-refractivity contribution in [1.29, 1.82) is 0 Å². The SMILES string of the molecule is Cc1nc(NC2CCC(NC(=O)COc3ccc(C(C)(C)C)cc3)CC2)cc(N(C)C)n1. The van der Waals surface area contributed by atoms with Gasteiger partial charge in [0, 0.05) is 32.2 Å². The maximum absolute atomic E-state index is 12.3. The largest absolute Gasteiger partial charge is 0.484 e. The van der Waals surface area contributed by atoms with Gasteiger partial charge in [0.25, 0.3) is 5.91 Å². The number of nitrogens with zero attached hydrogens (tertiary/aromatic N) is 3. The van der Waals surface area contributed by atoms with E-state index in [0.717, 1.165) is 48.9 Å². The van der Waals surface area contributed by atoms with Crippen LogP contribution in [0, 0.1) is 6.92 Å². The smallest absolute Gasteiger partial charge is 0.258 e. The Morgan fingerprint density at radius 1 is 1.06 bits per heavy atom. The van der Waals surface area contributed by atoms with Gasteiger partial charge < -0.3 is 20.3 Å². The van der Waals surface area contributed by atoms with Gasteiger partial charge in [0.2, 0.25) is 0 Å². The number of aryl methyl sites for hydroxylation is 1. The Balaban J connectivity index is 1.41. The number of aromatic nitrogens is 2. The molecule has 0 bridgehead atoms. The molecule has 7 nitrogen and oxygen atoms in total. The molecule has 1 aromatic carbocycles. The van der Waals surface area contributed by atoms with Crippen LogP contribution in [0.3, 0.4) is 0 Å². The Bertz CT molecular complexity index is 898. The summed E-state index contributed by atoms with van der Waals surface area (Å²) in [7, 11) is 3.95. The van der Waals surface area contributed by atoms with Gasteiger partial charge in [-0.3, -0.25) is 4.79 Å². The van der Waals surface area contributed by atoms with Gasteiger partial charge in [0.05, 0.1) is 0 Å². The third-order valence-electron chi connectivity index (χ3n) is 5.82. The lowest BCUT2D eigenvalue weighted by atomic mass is 9.87. The molecule has 1 saturated carbocycles. The fourth-order valence-electron chi connectivity index (χ4n) is 3.92. The lowest BCUT2D eigenvalue weighted by molar-refractivity contribution is -0.124. The molecule has 7 heteroatoms. The maximum Gasteiger partial charge on any atom is 0.258 e. The summed E-state index contributed by atoms with van der Waals surface area (Å²) in [6.45, 7) is 8.48. The lowest BCUT2D eigenvalue weighted by Gasteiger charge is -2.30. The number of rotatable bonds is 7. The van der Waals surface area contributed by atoms with E-state index in [-0.39, 0.29) is 24.0 Å². The highest BCUT2D eigenvalue weighted by atomic mass is 16.5. The molecule has 1 fully saturated rings. The molecular formula is C25H37N5O2. The average molecular weight is 440 g/mol. The number of carbonyl (C=O) groups is 1. The Labute approximate surface area is 192 Å². The van der Waals surface area contributed by atoms with Crippen molar-refractivity contribution < 1.29 is 9.53 Å². The van der Waals surface area contributed by atoms with Crippen LogP contribution in [0.15, 0.2) is 30.3 Å². The summed E-state index contributed by atoms with van der Waals surface area (Å²) in [5.41, 5.74) is 1.35. The van der Waals surface area contributed by atoms with Gasteiger partial charge in [0.1, 0.15) is 23.2 Å². The quantitative estimate of drug-likeness (QED) is 0.677. The van der Waals surface area contributed by atoms with Crippen molar-refractivity contribution in [2.75, 3.05) is 30.9 Å². The highest BCUT2D eigenvalue weighted by Crippen LogP contribution is 2.25. The van der Waals surface area contributed by atoms with Crippen molar-refractivity contribution >= 4 is 17.5 Å². The van der Waals surface area contributed by atoms with Crippen LogP contribution in [0.1, 0.15) is 57.8 Å². The molecule has 0 saturated heterocycles. The molecule has 174 valence electrons. The highest BCUT2D eigenvalue weighted by Gasteiger charge is 2.23. The molecule has 32 heavy (non-hydrogen) atoms. The topological polar surface area (TPSA) is 79.4 Å². The molecule has 0 unspecified atom stereocenters. The number of benzene rings is 1. The van der Waals surface area contributed by atoms with Crippen LogP contribution in [-0.2, 0) is 10.2 Å². The van der Waals surface area contributed by atoms with Crippen LogP contribution in [-0.4, -0.2) is 48.7 Å². The summed E-state index contributed by atoms with van der Waals surface area (Å²) in [6, 6.07) is 10.5. The molecule has 1 aliphatic rings. The first-order valence-corrected chi connectivity index (χ1v) is 11.4. The van der Waals surface area contributed by atoms with E-state index in [1.807, 2.05) is 44.1 Å². The van der Waals surface area contributed by atoms with Crippen LogP contribution in [0.4, 0.5) is 11.6 Å². The highest BCUT2D eigenvalue weighted by molar-refractivity contribution is 5.77. The fourth-order valence-corrected chi connectivity index (χ4v) is 3.92. The first-order chi connectivity index (χ1) is 15.1. The Kier molecular flexibility index (Phi) is 7.59. The van der Waals surface area contributed by atoms with Crippen LogP contribution < -0.4 is 20.3 Å². The van der Waals surface area contributed by atoms with E-state index in [9.17, 15) is 4.79 Å². The van der Waals surface area contributed by atoms with Crippen LogP contribution >= 0.6 is 0 Å². The van der Waals surface area contributed by atoms with Gasteiger partial charge in [-0.25, -0.2) is 9.97 Å². The molecule has 0 aliphatic heterocycles. The Hall–Kier alpha value is -2.83. The first kappa shape index (κ1) is 23.8. The van der Waals surface area contributed by atoms with E-state index in [2.05, 4.69) is 53.5 Å². The molecule has 1 amide bonds. The first-order valence-electron chi connectivity index (χ1n) is 11.4. The molecular weight excluding hydrogens is 402 g/mol. The van der Waals surface area contributed by atoms with E-state index >= 15 is 0 Å². The number of hydrogen-bond donors (Lipinski definition) is 2. The van der Waals surface area contributed by atoms with Gasteiger partial charge in [-0.05, 0) is 55.7 Å². The molecule has 0 spiro atoms. The van der Waals surface area contributed by atoms with Crippen molar-refractivity contribution in [2.24, 2.45) is 0 Å². The third kappa shape index (κ3) is 6.84. The summed E-state index contributed by atoms with van der Waals surface area (Å²) >= 11 is 0. The number of amides is 1. The lowest BCUT2D eigenvalue weighted by Crippen LogP contribution is -2.42. The number of anilines is 2. The third-order valence-corrected chi connectivity index (χ3v) is 5.82. The number of ether oxygens (including phenoxy) is 1. The van der Waals surface area contributed by atoms with E-state index in [1.165, 1.54) is 5.56 Å². The maximum atomic E-state index is 12.3. The second kappa shape index (κ2) is 10.2. The molecule has 0 radical (unpaired) electrons. The zero-order chi connectivity index (χ0) is 23.3. The molecule has 0 atom stereocenters. The van der Waals surface area contributed by atoms with Gasteiger partial charge in [-0.15, -0.1) is 0 Å². The second-order valence-corrected chi connectivity index (χ2v) is 9.88. The van der Waals surface area contributed by atoms with Crippen molar-refractivity contribution in [3.8, 4) is 5.75 Å². The normalized spacial score (nSPS) is 18.7. The van der Waals surface area contributed by atoms with E-state index in [4.69, 9.17) is 4.74 Å². The molecule has 3 rings (SSSR count). The summed E-state index contributed by atoms with van der Waals surface area (Å²) in [4.78, 5) is 23.3. The summed E-state index contributed by atoms with van der Waals surface area (Å²) in [6.07, 6.45) is 3.85. The summed E-state index contributed by atoms with van der Waals surface area (Å²) < 4.78 is 5.68. The Morgan fingerprint density at radius 3 is 2.28 bits per heavy atom. The number of nitrogens with one attached hydrogen (secondary N) is 2. The van der Waals surface area contributed by atoms with E-state index < -0.39 is 0 Å². The van der Waals surface area contributed by atoms with Gasteiger partial charge in [-0.2, -0.15) is 0 Å². The average Bonchev–Trinajstić information content (AvgIpc) is 2.73. The molecule has 1 heterocycles. The molecule has 1 aromatic heterocycles. The predicted molar refractivity (Wildman–Crippen MR) is 130 cm³/mol. The summed E-state index contributed by atoms with van der Waals surface area (Å²) in [5.74, 6) is 3.17. The van der Waals surface area contributed by atoms with Crippen molar-refractivity contribution in [1.82, 2.24) is 15.3 Å². The zero-order valence-corrected chi connectivity index (χ0v) is 20.2. The Morgan fingerprint density at radius 2 is 1.69 bits per heavy atom. The van der Waals surface area contributed by atoms with E-state index in [0.29, 0.717) is 6.04 Å². The van der Waals surface area contributed by atoms with Gasteiger partial charge in [0.15, 0.2) is 6.61 Å². The van der Waals surface area contributed by atoms with Crippen LogP contribution in [0.25, 0.3) is 0 Å². The van der Waals surface area contributed by atoms with Crippen LogP contribution in [0.5, 0.6) is 5.75 Å². The minimum absolute atomic E-state index is 0.0422. The van der Waals surface area contributed by atoms with Crippen molar-refractivity contribution in [3.05, 3.63) is 41.7 Å². The number of carbonyl (C=O) groups excluding carboxylic acids is 1. The molecule has 2 aromatic rings. The number of hydrogen-bond acceptors (Lipinski definition) is 6. The van der Waals surface area contributed by atoms with Crippen LogP contribution in [0.2, 0.25) is 0 Å². The summed E-state index contributed by atoms with van der Waals surface area (Å²) in [5, 5.41) is 6.66. The second-order valence-electron chi connectivity index (χ2n) is 9.88.